The van der Waals surface area contributed by atoms with E-state index in [-0.39, 0.29) is 0 Å². The molecule has 1 fully saturated rings. The summed E-state index contributed by atoms with van der Waals surface area (Å²) in [5.74, 6) is 2.05. The van der Waals surface area contributed by atoms with Gasteiger partial charge in [-0.25, -0.2) is 9.97 Å². The number of hydrogen-bond acceptors (Lipinski definition) is 4. The fourth-order valence-corrected chi connectivity index (χ4v) is 2.02. The van der Waals surface area contributed by atoms with Crippen LogP contribution < -0.4 is 5.32 Å². The van der Waals surface area contributed by atoms with Gasteiger partial charge in [0.2, 0.25) is 0 Å². The Morgan fingerprint density at radius 2 is 2.27 bits per heavy atom. The maximum absolute atomic E-state index is 4.17. The molecule has 1 N–H and O–H groups in total. The fraction of sp³-hybridized carbons (Fsp3) is 0.429. The van der Waals surface area contributed by atoms with Crippen LogP contribution in [0.2, 0.25) is 0 Å². The highest BCUT2D eigenvalue weighted by molar-refractivity contribution is 7.99. The van der Waals surface area contributed by atoms with Crippen LogP contribution in [0.1, 0.15) is 11.2 Å². The highest BCUT2D eigenvalue weighted by Crippen LogP contribution is 2.26. The maximum atomic E-state index is 4.17. The summed E-state index contributed by atoms with van der Waals surface area (Å²) in [5.41, 5.74) is 0. The monoisotopic (exact) mass is 167 g/mol. The Hall–Kier alpha value is -0.610. The zero-order chi connectivity index (χ0) is 7.52. The molecule has 4 heteroatoms. The van der Waals surface area contributed by atoms with E-state index < -0.39 is 0 Å². The summed E-state index contributed by atoms with van der Waals surface area (Å²) in [6.07, 6.45) is 3.56. The van der Waals surface area contributed by atoms with E-state index in [0.29, 0.717) is 5.37 Å². The number of hydrogen-bond donors (Lipinski definition) is 1. The van der Waals surface area contributed by atoms with E-state index in [2.05, 4.69) is 15.3 Å². The molecular formula is C7H9N3S. The molecule has 1 saturated heterocycles. The van der Waals surface area contributed by atoms with E-state index in [0.717, 1.165) is 18.1 Å². The third kappa shape index (κ3) is 1.52. The predicted molar refractivity (Wildman–Crippen MR) is 45.2 cm³/mol. The van der Waals surface area contributed by atoms with Gasteiger partial charge in [-0.1, -0.05) is 0 Å². The smallest absolute Gasteiger partial charge is 0.155 e. The molecule has 1 atom stereocenters. The molecule has 1 aromatic heterocycles. The lowest BCUT2D eigenvalue weighted by Gasteiger charge is -2.05. The van der Waals surface area contributed by atoms with E-state index in [9.17, 15) is 0 Å². The van der Waals surface area contributed by atoms with Gasteiger partial charge in [-0.15, -0.1) is 11.8 Å². The first-order chi connectivity index (χ1) is 5.47. The van der Waals surface area contributed by atoms with Crippen LogP contribution in [0.25, 0.3) is 0 Å². The van der Waals surface area contributed by atoms with Crippen molar-refractivity contribution in [3.05, 3.63) is 24.3 Å². The third-order valence-corrected chi connectivity index (χ3v) is 2.69. The zero-order valence-electron chi connectivity index (χ0n) is 6.03. The first kappa shape index (κ1) is 7.06. The van der Waals surface area contributed by atoms with Gasteiger partial charge >= 0.3 is 0 Å². The summed E-state index contributed by atoms with van der Waals surface area (Å²) in [6, 6.07) is 1.84. The molecule has 0 spiro atoms. The average molecular weight is 167 g/mol. The number of nitrogens with zero attached hydrogens (tertiary/aromatic N) is 2. The van der Waals surface area contributed by atoms with Gasteiger partial charge in [-0.2, -0.15) is 0 Å². The summed E-state index contributed by atoms with van der Waals surface area (Å²) in [4.78, 5) is 8.33. The third-order valence-electron chi connectivity index (χ3n) is 1.54. The Morgan fingerprint density at radius 3 is 2.91 bits per heavy atom. The van der Waals surface area contributed by atoms with E-state index in [1.54, 1.807) is 12.4 Å². The number of nitrogens with one attached hydrogen (secondary N) is 1. The predicted octanol–water partition coefficient (Wildman–Crippen LogP) is 0.812. The van der Waals surface area contributed by atoms with Crippen molar-refractivity contribution in [3.63, 3.8) is 0 Å². The number of thioether (sulfide) groups is 1. The van der Waals surface area contributed by atoms with Crippen LogP contribution in [-0.4, -0.2) is 22.3 Å². The first-order valence-corrected chi connectivity index (χ1v) is 4.63. The van der Waals surface area contributed by atoms with Crippen molar-refractivity contribution in [1.82, 2.24) is 15.3 Å². The largest absolute Gasteiger partial charge is 0.298 e. The van der Waals surface area contributed by atoms with Crippen molar-refractivity contribution in [1.29, 1.82) is 0 Å². The second-order valence-corrected chi connectivity index (χ2v) is 3.52. The van der Waals surface area contributed by atoms with E-state index in [4.69, 9.17) is 0 Å². The molecule has 3 nitrogen and oxygen atoms in total. The van der Waals surface area contributed by atoms with Gasteiger partial charge in [0, 0.05) is 24.7 Å². The van der Waals surface area contributed by atoms with Gasteiger partial charge in [0.15, 0.2) is 5.82 Å². The second kappa shape index (κ2) is 3.19. The minimum atomic E-state index is 0.316. The Labute approximate surface area is 69.6 Å². The lowest BCUT2D eigenvalue weighted by Crippen LogP contribution is -2.14. The van der Waals surface area contributed by atoms with Gasteiger partial charge in [-0.3, -0.25) is 5.32 Å². The molecule has 11 heavy (non-hydrogen) atoms. The molecule has 0 saturated carbocycles. The van der Waals surface area contributed by atoms with Crippen LogP contribution in [0.4, 0.5) is 0 Å². The normalized spacial score (nSPS) is 23.8. The van der Waals surface area contributed by atoms with Gasteiger partial charge in [0.25, 0.3) is 0 Å². The molecule has 0 bridgehead atoms. The summed E-state index contributed by atoms with van der Waals surface area (Å²) in [5, 5.41) is 3.63. The van der Waals surface area contributed by atoms with E-state index in [1.165, 1.54) is 0 Å². The van der Waals surface area contributed by atoms with Crippen molar-refractivity contribution >= 4 is 11.8 Å². The maximum Gasteiger partial charge on any atom is 0.155 e. The fourth-order valence-electron chi connectivity index (χ4n) is 1.04. The lowest BCUT2D eigenvalue weighted by molar-refractivity contribution is 0.708. The van der Waals surface area contributed by atoms with Crippen molar-refractivity contribution in [3.8, 4) is 0 Å². The molecule has 0 amide bonds. The molecule has 1 aliphatic rings. The Kier molecular flexibility index (Phi) is 2.05. The molecule has 1 aliphatic heterocycles. The number of aromatic nitrogens is 2. The topological polar surface area (TPSA) is 37.8 Å². The Morgan fingerprint density at radius 1 is 1.45 bits per heavy atom. The van der Waals surface area contributed by atoms with Crippen molar-refractivity contribution in [2.45, 2.75) is 5.37 Å². The number of rotatable bonds is 1. The molecule has 58 valence electrons. The molecule has 0 aliphatic carbocycles. The Balaban J connectivity index is 2.16. The molecule has 2 heterocycles. The van der Waals surface area contributed by atoms with Gasteiger partial charge < -0.3 is 0 Å². The minimum absolute atomic E-state index is 0.316. The molecule has 1 aromatic rings. The quantitative estimate of drug-likeness (QED) is 0.671. The van der Waals surface area contributed by atoms with Crippen LogP contribution in [0.5, 0.6) is 0 Å². The van der Waals surface area contributed by atoms with Crippen LogP contribution in [0, 0.1) is 0 Å². The van der Waals surface area contributed by atoms with Gasteiger partial charge in [0.1, 0.15) is 5.37 Å². The molecular weight excluding hydrogens is 158 g/mol. The SMILES string of the molecule is c1cnc(C2NCCS2)nc1. The highest BCUT2D eigenvalue weighted by atomic mass is 32.2. The summed E-state index contributed by atoms with van der Waals surface area (Å²) in [7, 11) is 0. The molecule has 0 radical (unpaired) electrons. The summed E-state index contributed by atoms with van der Waals surface area (Å²) in [6.45, 7) is 1.06. The average Bonchev–Trinajstić information content (AvgIpc) is 2.58. The minimum Gasteiger partial charge on any atom is -0.298 e. The van der Waals surface area contributed by atoms with Gasteiger partial charge in [0.05, 0.1) is 0 Å². The van der Waals surface area contributed by atoms with Gasteiger partial charge in [-0.05, 0) is 6.07 Å². The summed E-state index contributed by atoms with van der Waals surface area (Å²) < 4.78 is 0. The van der Waals surface area contributed by atoms with Crippen LogP contribution >= 0.6 is 11.8 Å². The standard InChI is InChI=1S/C7H9N3S/c1-2-8-6(9-3-1)7-10-4-5-11-7/h1-3,7,10H,4-5H2. The van der Waals surface area contributed by atoms with E-state index in [1.807, 2.05) is 17.8 Å². The Bertz CT molecular complexity index is 220. The highest BCUT2D eigenvalue weighted by Gasteiger charge is 2.18. The van der Waals surface area contributed by atoms with Crippen molar-refractivity contribution < 1.29 is 0 Å². The van der Waals surface area contributed by atoms with Crippen molar-refractivity contribution in [2.75, 3.05) is 12.3 Å². The first-order valence-electron chi connectivity index (χ1n) is 3.59. The molecule has 0 aromatic carbocycles. The van der Waals surface area contributed by atoms with Crippen molar-refractivity contribution in [2.24, 2.45) is 0 Å². The lowest BCUT2D eigenvalue weighted by atomic mass is 10.5. The van der Waals surface area contributed by atoms with Crippen LogP contribution in [0.3, 0.4) is 0 Å². The molecule has 1 unspecified atom stereocenters. The zero-order valence-corrected chi connectivity index (χ0v) is 6.84. The van der Waals surface area contributed by atoms with Crippen LogP contribution in [-0.2, 0) is 0 Å². The summed E-state index contributed by atoms with van der Waals surface area (Å²) >= 11 is 1.86. The van der Waals surface area contributed by atoms with Crippen LogP contribution in [0.15, 0.2) is 18.5 Å². The second-order valence-electron chi connectivity index (χ2n) is 2.31. The molecule has 2 rings (SSSR count). The van der Waals surface area contributed by atoms with E-state index >= 15 is 0 Å².